The number of carbonyl (C=O) groups is 4. The van der Waals surface area contributed by atoms with Gasteiger partial charge in [0.1, 0.15) is 12.1 Å². The van der Waals surface area contributed by atoms with Crippen LogP contribution in [-0.4, -0.2) is 41.8 Å². The van der Waals surface area contributed by atoms with Crippen LogP contribution in [0.4, 0.5) is 0 Å². The Kier molecular flexibility index (Phi) is 8.86. The molecule has 0 aliphatic rings. The molecule has 0 radical (unpaired) electrons. The number of hydrogen-bond donors (Lipinski definition) is 5. The molecule has 0 saturated carbocycles. The number of rotatable bonds is 10. The number of nitrogens with two attached hydrogens (primary N) is 3. The molecular formula is C14H27N5O4. The van der Waals surface area contributed by atoms with Crippen molar-refractivity contribution < 1.29 is 19.2 Å². The number of nitrogens with one attached hydrogen (secondary N) is 2. The number of primary amides is 2. The van der Waals surface area contributed by atoms with Gasteiger partial charge in [0.15, 0.2) is 0 Å². The average Bonchev–Trinajstić information content (AvgIpc) is 2.46. The number of amides is 4. The SMILES string of the molecule is CC[C@H](C)[C@H](NC(=O)[C@@H](CCC(N)=O)NC(=O)[C@H](C)N)C(N)=O. The van der Waals surface area contributed by atoms with E-state index >= 15 is 0 Å². The molecule has 0 rings (SSSR count). The molecule has 0 aliphatic heterocycles. The van der Waals surface area contributed by atoms with Crippen LogP contribution in [0, 0.1) is 5.92 Å². The van der Waals surface area contributed by atoms with Crippen LogP contribution < -0.4 is 27.8 Å². The first-order valence-electron chi connectivity index (χ1n) is 7.54. The lowest BCUT2D eigenvalue weighted by Gasteiger charge is -2.25. The van der Waals surface area contributed by atoms with Crippen LogP contribution >= 0.6 is 0 Å². The quantitative estimate of drug-likeness (QED) is 0.314. The van der Waals surface area contributed by atoms with Gasteiger partial charge in [-0.15, -0.1) is 0 Å². The summed E-state index contributed by atoms with van der Waals surface area (Å²) in [6.07, 6.45) is 0.541. The number of hydrogen-bond acceptors (Lipinski definition) is 5. The van der Waals surface area contributed by atoms with Crippen molar-refractivity contribution in [2.45, 2.75) is 58.2 Å². The lowest BCUT2D eigenvalue weighted by atomic mass is 9.98. The second-order valence-electron chi connectivity index (χ2n) is 5.63. The van der Waals surface area contributed by atoms with Crippen molar-refractivity contribution >= 4 is 23.6 Å². The minimum absolute atomic E-state index is 0.00557. The third kappa shape index (κ3) is 7.59. The van der Waals surface area contributed by atoms with Crippen LogP contribution in [0.1, 0.15) is 40.0 Å². The second kappa shape index (κ2) is 9.78. The first-order chi connectivity index (χ1) is 10.6. The third-order valence-electron chi connectivity index (χ3n) is 3.54. The zero-order valence-corrected chi connectivity index (χ0v) is 13.8. The third-order valence-corrected chi connectivity index (χ3v) is 3.54. The van der Waals surface area contributed by atoms with Gasteiger partial charge in [-0.3, -0.25) is 19.2 Å². The fraction of sp³-hybridized carbons (Fsp3) is 0.714. The highest BCUT2D eigenvalue weighted by Gasteiger charge is 2.29. The topological polar surface area (TPSA) is 170 Å². The molecule has 9 heteroatoms. The van der Waals surface area contributed by atoms with Crippen molar-refractivity contribution in [3.8, 4) is 0 Å². The summed E-state index contributed by atoms with van der Waals surface area (Å²) in [5, 5.41) is 4.95. The Bertz CT molecular complexity index is 452. The monoisotopic (exact) mass is 329 g/mol. The maximum Gasteiger partial charge on any atom is 0.243 e. The van der Waals surface area contributed by atoms with Gasteiger partial charge >= 0.3 is 0 Å². The van der Waals surface area contributed by atoms with Crippen molar-refractivity contribution in [3.05, 3.63) is 0 Å². The van der Waals surface area contributed by atoms with E-state index in [0.29, 0.717) is 6.42 Å². The highest BCUT2D eigenvalue weighted by Crippen LogP contribution is 2.08. The first-order valence-corrected chi connectivity index (χ1v) is 7.54. The summed E-state index contributed by atoms with van der Waals surface area (Å²) >= 11 is 0. The Hall–Kier alpha value is -2.16. The molecule has 9 nitrogen and oxygen atoms in total. The first kappa shape index (κ1) is 20.8. The largest absolute Gasteiger partial charge is 0.370 e. The molecule has 0 unspecified atom stereocenters. The van der Waals surface area contributed by atoms with Crippen molar-refractivity contribution in [3.63, 3.8) is 0 Å². The highest BCUT2D eigenvalue weighted by atomic mass is 16.2. The second-order valence-corrected chi connectivity index (χ2v) is 5.63. The average molecular weight is 329 g/mol. The van der Waals surface area contributed by atoms with E-state index in [0.717, 1.165) is 0 Å². The van der Waals surface area contributed by atoms with Gasteiger partial charge in [0.2, 0.25) is 23.6 Å². The van der Waals surface area contributed by atoms with Gasteiger partial charge in [0, 0.05) is 6.42 Å². The summed E-state index contributed by atoms with van der Waals surface area (Å²) in [5.41, 5.74) is 15.8. The van der Waals surface area contributed by atoms with E-state index in [4.69, 9.17) is 17.2 Å². The molecule has 4 amide bonds. The number of carbonyl (C=O) groups excluding carboxylic acids is 4. The van der Waals surface area contributed by atoms with E-state index in [-0.39, 0.29) is 18.8 Å². The maximum atomic E-state index is 12.3. The van der Waals surface area contributed by atoms with Gasteiger partial charge in [-0.25, -0.2) is 0 Å². The molecule has 0 spiro atoms. The van der Waals surface area contributed by atoms with E-state index in [1.807, 2.05) is 6.92 Å². The predicted molar refractivity (Wildman–Crippen MR) is 84.6 cm³/mol. The van der Waals surface area contributed by atoms with E-state index in [1.165, 1.54) is 6.92 Å². The summed E-state index contributed by atoms with van der Waals surface area (Å²) in [6.45, 7) is 5.09. The summed E-state index contributed by atoms with van der Waals surface area (Å²) < 4.78 is 0. The van der Waals surface area contributed by atoms with Crippen molar-refractivity contribution in [2.24, 2.45) is 23.1 Å². The molecule has 0 aromatic rings. The summed E-state index contributed by atoms with van der Waals surface area (Å²) in [6, 6.07) is -2.71. The molecule has 132 valence electrons. The van der Waals surface area contributed by atoms with E-state index < -0.39 is 41.8 Å². The van der Waals surface area contributed by atoms with Gasteiger partial charge in [0.05, 0.1) is 6.04 Å². The van der Waals surface area contributed by atoms with Gasteiger partial charge < -0.3 is 27.8 Å². The molecule has 0 aromatic carbocycles. The normalized spacial score (nSPS) is 15.8. The maximum absolute atomic E-state index is 12.3. The minimum Gasteiger partial charge on any atom is -0.370 e. The fourth-order valence-corrected chi connectivity index (χ4v) is 1.84. The van der Waals surface area contributed by atoms with Gasteiger partial charge in [-0.2, -0.15) is 0 Å². The summed E-state index contributed by atoms with van der Waals surface area (Å²) in [5.74, 6) is -2.60. The molecule has 0 aliphatic carbocycles. The molecule has 8 N–H and O–H groups in total. The summed E-state index contributed by atoms with van der Waals surface area (Å²) in [7, 11) is 0. The van der Waals surface area contributed by atoms with Gasteiger partial charge in [-0.1, -0.05) is 20.3 Å². The van der Waals surface area contributed by atoms with Crippen LogP contribution in [0.15, 0.2) is 0 Å². The van der Waals surface area contributed by atoms with Crippen molar-refractivity contribution in [2.75, 3.05) is 0 Å². The molecule has 4 atom stereocenters. The standard InChI is InChI=1S/C14H27N5O4/c1-4-7(2)11(12(17)21)19-14(23)9(5-6-10(16)20)18-13(22)8(3)15/h7-9,11H,4-6,15H2,1-3H3,(H2,16,20)(H2,17,21)(H,18,22)(H,19,23)/t7-,8-,9+,11-/m0/s1. The smallest absolute Gasteiger partial charge is 0.243 e. The van der Waals surface area contributed by atoms with Crippen LogP contribution in [0.5, 0.6) is 0 Å². The Labute approximate surface area is 135 Å². The van der Waals surface area contributed by atoms with Gasteiger partial charge in [-0.05, 0) is 19.3 Å². The van der Waals surface area contributed by atoms with E-state index in [9.17, 15) is 19.2 Å². The van der Waals surface area contributed by atoms with Gasteiger partial charge in [0.25, 0.3) is 0 Å². The fourth-order valence-electron chi connectivity index (χ4n) is 1.84. The molecular weight excluding hydrogens is 302 g/mol. The predicted octanol–water partition coefficient (Wildman–Crippen LogP) is -1.90. The molecule has 0 saturated heterocycles. The zero-order valence-electron chi connectivity index (χ0n) is 13.8. The lowest BCUT2D eigenvalue weighted by Crippen LogP contribution is -2.56. The van der Waals surface area contributed by atoms with Crippen molar-refractivity contribution in [1.29, 1.82) is 0 Å². The van der Waals surface area contributed by atoms with E-state index in [1.54, 1.807) is 6.92 Å². The van der Waals surface area contributed by atoms with Crippen LogP contribution in [0.25, 0.3) is 0 Å². The Morgan fingerprint density at radius 3 is 1.96 bits per heavy atom. The van der Waals surface area contributed by atoms with E-state index in [2.05, 4.69) is 10.6 Å². The Morgan fingerprint density at radius 1 is 1.00 bits per heavy atom. The molecule has 0 bridgehead atoms. The summed E-state index contributed by atoms with van der Waals surface area (Å²) in [4.78, 5) is 46.4. The highest BCUT2D eigenvalue weighted by molar-refractivity contribution is 5.93. The molecule has 0 heterocycles. The van der Waals surface area contributed by atoms with Crippen molar-refractivity contribution in [1.82, 2.24) is 10.6 Å². The van der Waals surface area contributed by atoms with Crippen LogP contribution in [0.3, 0.4) is 0 Å². The zero-order chi connectivity index (χ0) is 18.2. The Morgan fingerprint density at radius 2 is 1.57 bits per heavy atom. The minimum atomic E-state index is -1.02. The molecule has 0 aromatic heterocycles. The van der Waals surface area contributed by atoms with Crippen LogP contribution in [-0.2, 0) is 19.2 Å². The lowest BCUT2D eigenvalue weighted by molar-refractivity contribution is -0.132. The molecule has 0 fully saturated rings. The van der Waals surface area contributed by atoms with Crippen LogP contribution in [0.2, 0.25) is 0 Å². The Balaban J connectivity index is 5.04. The molecule has 23 heavy (non-hydrogen) atoms.